The first kappa shape index (κ1) is 49.0. The quantitative estimate of drug-likeness (QED) is 0.0702. The number of anilines is 4. The van der Waals surface area contributed by atoms with E-state index in [9.17, 15) is 63.1 Å². The maximum Gasteiger partial charge on any atom is 0.540 e. The van der Waals surface area contributed by atoms with E-state index in [1.54, 1.807) is 0 Å². The number of hydrogen-bond acceptors (Lipinski definition) is 12. The molecule has 364 valence electrons. The molecule has 0 spiro atoms. The van der Waals surface area contributed by atoms with Gasteiger partial charge < -0.3 is 51.7 Å². The van der Waals surface area contributed by atoms with Gasteiger partial charge in [-0.2, -0.15) is 17.6 Å². The lowest BCUT2D eigenvalue weighted by molar-refractivity contribution is -0.462. The number of nitrogens with one attached hydrogen (secondary N) is 4. The molecular weight excluding hydrogens is 966 g/mol. The molecule has 0 aliphatic carbocycles. The number of carbonyl (C=O) groups is 4. The second-order valence-corrected chi connectivity index (χ2v) is 13.9. The number of primary amides is 2. The van der Waals surface area contributed by atoms with Gasteiger partial charge in [0.15, 0.2) is 0 Å². The van der Waals surface area contributed by atoms with Gasteiger partial charge in [-0.3, -0.25) is 19.6 Å². The topological polar surface area (TPSA) is 250 Å². The molecule has 0 fully saturated rings. The minimum atomic E-state index is -4.53. The number of nitrogens with zero attached hydrogens (tertiary/aromatic N) is 2. The number of hydrogen-bond donors (Lipinski definition) is 6. The number of halogens is 10. The van der Waals surface area contributed by atoms with Crippen molar-refractivity contribution in [1.29, 1.82) is 0 Å². The molecule has 8 N–H and O–H groups in total. The predicted molar refractivity (Wildman–Crippen MR) is 218 cm³/mol. The molecule has 4 heterocycles. The maximum atomic E-state index is 14.4. The summed E-state index contributed by atoms with van der Waals surface area (Å²) < 4.78 is 162. The zero-order valence-corrected chi connectivity index (χ0v) is 34.3. The lowest BCUT2D eigenvalue weighted by Crippen LogP contribution is -2.41. The van der Waals surface area contributed by atoms with Gasteiger partial charge in [0.1, 0.15) is 57.5 Å². The van der Waals surface area contributed by atoms with Crippen LogP contribution in [0.5, 0.6) is 34.5 Å². The van der Waals surface area contributed by atoms with Gasteiger partial charge in [0.05, 0.1) is 22.5 Å². The van der Waals surface area contributed by atoms with Crippen LogP contribution in [0.15, 0.2) is 109 Å². The number of alkyl halides is 8. The number of nitrogens with two attached hydrogens (primary N) is 2. The van der Waals surface area contributed by atoms with Crippen LogP contribution in [0, 0.1) is 11.6 Å². The molecule has 28 heteroatoms. The van der Waals surface area contributed by atoms with Gasteiger partial charge in [-0.25, -0.2) is 27.8 Å². The van der Waals surface area contributed by atoms with Gasteiger partial charge in [-0.1, -0.05) is 0 Å². The molecule has 18 nitrogen and oxygen atoms in total. The third-order valence-electron chi connectivity index (χ3n) is 8.87. The summed E-state index contributed by atoms with van der Waals surface area (Å²) in [5, 5.41) is 8.67. The monoisotopic (exact) mass is 992 g/mol. The number of urea groups is 2. The molecule has 2 aromatic heterocycles. The molecule has 6 amide bonds. The predicted octanol–water partition coefficient (Wildman–Crippen LogP) is 9.53. The zero-order chi connectivity index (χ0) is 50.8. The van der Waals surface area contributed by atoms with Crippen LogP contribution in [0.2, 0.25) is 0 Å². The fourth-order valence-electron chi connectivity index (χ4n) is 5.94. The molecule has 0 atom stereocenters. The molecule has 0 radical (unpaired) electrons. The summed E-state index contributed by atoms with van der Waals surface area (Å²) in [5.74, 6) is -4.73. The van der Waals surface area contributed by atoms with Gasteiger partial charge >= 0.3 is 36.9 Å². The average Bonchev–Trinajstić information content (AvgIpc) is 3.25. The number of carbonyl (C=O) groups excluding carboxylic acids is 4. The Balaban J connectivity index is 0.000000206. The van der Waals surface area contributed by atoms with E-state index in [0.29, 0.717) is 12.1 Å². The highest BCUT2D eigenvalue weighted by Gasteiger charge is 2.55. The van der Waals surface area contributed by atoms with E-state index in [-0.39, 0.29) is 57.1 Å². The van der Waals surface area contributed by atoms with Crippen LogP contribution in [-0.4, -0.2) is 46.4 Å². The summed E-state index contributed by atoms with van der Waals surface area (Å²) in [4.78, 5) is 54.3. The minimum Gasteiger partial charge on any atom is -0.457 e. The van der Waals surface area contributed by atoms with Crippen molar-refractivity contribution in [3.05, 3.63) is 144 Å². The van der Waals surface area contributed by atoms with Crippen molar-refractivity contribution < 1.29 is 91.5 Å². The van der Waals surface area contributed by atoms with E-state index in [1.165, 1.54) is 48.8 Å². The third kappa shape index (κ3) is 12.0. The Bertz CT molecular complexity index is 2840. The van der Waals surface area contributed by atoms with Crippen molar-refractivity contribution in [2.75, 3.05) is 21.3 Å². The standard InChI is InChI=1S/2C21H13F5N4O5/c2*22-14-8-11(33-12-5-6-28-16(9-12)18(27)31)2-3-15(14)30-19(32)29-10-1-4-17-13(7-10)20(23,24)35-21(25,26)34-17/h2*1-9H,(H2,27,31)(H2,29,30,32). The van der Waals surface area contributed by atoms with E-state index in [0.717, 1.165) is 48.5 Å². The first-order valence-corrected chi connectivity index (χ1v) is 19.0. The molecule has 8 rings (SSSR count). The number of pyridine rings is 2. The smallest absolute Gasteiger partial charge is 0.457 e. The number of benzene rings is 4. The third-order valence-corrected chi connectivity index (χ3v) is 8.87. The van der Waals surface area contributed by atoms with Crippen LogP contribution in [0.4, 0.5) is 76.2 Å². The van der Waals surface area contributed by atoms with E-state index in [2.05, 4.69) is 50.2 Å². The van der Waals surface area contributed by atoms with Crippen molar-refractivity contribution in [2.45, 2.75) is 24.8 Å². The normalized spacial score (nSPS) is 15.3. The summed E-state index contributed by atoms with van der Waals surface area (Å²) in [6.07, 6.45) is -15.3. The van der Waals surface area contributed by atoms with E-state index in [4.69, 9.17) is 20.9 Å². The Morgan fingerprint density at radius 2 is 0.857 bits per heavy atom. The Labute approximate surface area is 383 Å². The molecule has 6 aromatic rings. The van der Waals surface area contributed by atoms with Gasteiger partial charge in [0, 0.05) is 48.0 Å². The lowest BCUT2D eigenvalue weighted by atomic mass is 10.1. The van der Waals surface area contributed by atoms with Crippen molar-refractivity contribution in [1.82, 2.24) is 9.97 Å². The molecular formula is C42H26F10N8O10. The number of fused-ring (bicyclic) bond motifs is 2. The van der Waals surface area contributed by atoms with Crippen LogP contribution in [0.25, 0.3) is 0 Å². The molecule has 70 heavy (non-hydrogen) atoms. The Morgan fingerprint density at radius 1 is 0.486 bits per heavy atom. The molecule has 0 bridgehead atoms. The van der Waals surface area contributed by atoms with Crippen molar-refractivity contribution in [3.63, 3.8) is 0 Å². The SMILES string of the molecule is NC(=O)c1cc(Oc2ccc(NC(=O)Nc3ccc4c(c3)C(F)(F)OC(F)(F)O4)c(F)c2)ccn1.NC(=O)c1cc(Oc2ccc(NC(=O)Nc3ccc4c(c3)C(F)(F)OC(F)(F)O4)c(F)c2)ccn1. The van der Waals surface area contributed by atoms with Crippen LogP contribution < -0.4 is 51.7 Å². The summed E-state index contributed by atoms with van der Waals surface area (Å²) in [6, 6.07) is 15.1. The highest BCUT2D eigenvalue weighted by Crippen LogP contribution is 2.48. The zero-order valence-electron chi connectivity index (χ0n) is 34.3. The van der Waals surface area contributed by atoms with Gasteiger partial charge in [-0.05, 0) is 72.8 Å². The van der Waals surface area contributed by atoms with Crippen molar-refractivity contribution in [3.8, 4) is 34.5 Å². The number of amides is 6. The first-order valence-electron chi connectivity index (χ1n) is 19.0. The number of rotatable bonds is 10. The second kappa shape index (κ2) is 19.0. The number of ether oxygens (including phenoxy) is 6. The minimum absolute atomic E-state index is 0.0174. The fourth-order valence-corrected chi connectivity index (χ4v) is 5.94. The Kier molecular flexibility index (Phi) is 13.3. The molecule has 0 unspecified atom stereocenters. The molecule has 2 aliphatic rings. The highest BCUT2D eigenvalue weighted by molar-refractivity contribution is 6.01. The summed E-state index contributed by atoms with van der Waals surface area (Å²) in [7, 11) is 0. The van der Waals surface area contributed by atoms with Crippen molar-refractivity contribution in [2.24, 2.45) is 11.5 Å². The molecule has 2 aliphatic heterocycles. The molecule has 0 saturated carbocycles. The van der Waals surface area contributed by atoms with E-state index < -0.39 is 82.9 Å². The van der Waals surface area contributed by atoms with Crippen molar-refractivity contribution >= 4 is 46.6 Å². The molecule has 4 aromatic carbocycles. The number of aromatic nitrogens is 2. The lowest BCUT2D eigenvalue weighted by Gasteiger charge is -2.30. The van der Waals surface area contributed by atoms with Crippen LogP contribution >= 0.6 is 0 Å². The summed E-state index contributed by atoms with van der Waals surface area (Å²) in [6.45, 7) is 0. The molecule has 0 saturated heterocycles. The average molecular weight is 993 g/mol. The Morgan fingerprint density at radius 3 is 1.21 bits per heavy atom. The van der Waals surface area contributed by atoms with Gasteiger partial charge in [0.25, 0.3) is 11.8 Å². The summed E-state index contributed by atoms with van der Waals surface area (Å²) in [5.41, 5.74) is 7.01. The largest absolute Gasteiger partial charge is 0.540 e. The second-order valence-electron chi connectivity index (χ2n) is 13.9. The highest BCUT2D eigenvalue weighted by atomic mass is 19.3. The van der Waals surface area contributed by atoms with Crippen LogP contribution in [0.1, 0.15) is 32.1 Å². The van der Waals surface area contributed by atoms with Crippen LogP contribution in [0.3, 0.4) is 0 Å². The maximum absolute atomic E-state index is 14.4. The fraction of sp³-hybridized carbons (Fsp3) is 0.0952. The Hall–Kier alpha value is -8.92. The van der Waals surface area contributed by atoms with Gasteiger partial charge in [0.2, 0.25) is 0 Å². The first-order chi connectivity index (χ1) is 32.8. The van der Waals surface area contributed by atoms with Crippen LogP contribution in [-0.2, 0) is 21.7 Å². The van der Waals surface area contributed by atoms with Gasteiger partial charge in [-0.15, -0.1) is 17.6 Å². The van der Waals surface area contributed by atoms with E-state index in [1.807, 2.05) is 0 Å². The summed E-state index contributed by atoms with van der Waals surface area (Å²) >= 11 is 0. The van der Waals surface area contributed by atoms with E-state index >= 15 is 0 Å².